The van der Waals surface area contributed by atoms with Gasteiger partial charge in [-0.25, -0.2) is 9.37 Å². The largest absolute Gasteiger partial charge is 0.494 e. The molecular weight excluding hydrogens is 459 g/mol. The van der Waals surface area contributed by atoms with Gasteiger partial charge >= 0.3 is 0 Å². The minimum atomic E-state index is -0.991. The highest BCUT2D eigenvalue weighted by Crippen LogP contribution is 2.33. The molecule has 188 valence electrons. The van der Waals surface area contributed by atoms with Crippen LogP contribution in [0.4, 0.5) is 4.39 Å². The number of hydrogen-bond donors (Lipinski definition) is 1. The molecule has 1 saturated carbocycles. The molecule has 0 radical (unpaired) electrons. The molecule has 0 bridgehead atoms. The van der Waals surface area contributed by atoms with Crippen LogP contribution in [0.1, 0.15) is 66.7 Å². The van der Waals surface area contributed by atoms with Gasteiger partial charge in [-0.3, -0.25) is 14.6 Å². The number of benzene rings is 2. The van der Waals surface area contributed by atoms with Crippen molar-refractivity contribution in [3.8, 4) is 5.75 Å². The van der Waals surface area contributed by atoms with E-state index >= 15 is 0 Å². The number of amides is 2. The van der Waals surface area contributed by atoms with E-state index in [1.807, 2.05) is 19.1 Å². The fourth-order valence-corrected chi connectivity index (χ4v) is 4.59. The molecule has 2 amide bonds. The molecular formula is C28H31FN4O3. The number of carbonyl (C=O) groups excluding carboxylic acids is 2. The lowest BCUT2D eigenvalue weighted by Gasteiger charge is -2.34. The summed E-state index contributed by atoms with van der Waals surface area (Å²) < 4.78 is 19.5. The van der Waals surface area contributed by atoms with E-state index in [0.29, 0.717) is 23.5 Å². The maximum absolute atomic E-state index is 13.9. The Balaban J connectivity index is 1.78. The molecule has 1 aromatic heterocycles. The van der Waals surface area contributed by atoms with Crippen LogP contribution in [0.15, 0.2) is 67.1 Å². The molecule has 1 unspecified atom stereocenters. The van der Waals surface area contributed by atoms with Gasteiger partial charge in [-0.2, -0.15) is 0 Å². The summed E-state index contributed by atoms with van der Waals surface area (Å²) in [5.74, 6) is -0.588. The summed E-state index contributed by atoms with van der Waals surface area (Å²) in [6.07, 6.45) is 9.39. The second-order valence-corrected chi connectivity index (χ2v) is 8.87. The van der Waals surface area contributed by atoms with Crippen molar-refractivity contribution in [1.82, 2.24) is 20.2 Å². The molecule has 1 aliphatic carbocycles. The molecule has 8 heteroatoms. The molecule has 1 N–H and O–H groups in total. The number of para-hydroxylation sites is 1. The first-order valence-corrected chi connectivity index (χ1v) is 12.4. The molecule has 3 aromatic rings. The van der Waals surface area contributed by atoms with Gasteiger partial charge in [0.25, 0.3) is 5.91 Å². The summed E-state index contributed by atoms with van der Waals surface area (Å²) in [7, 11) is 0. The van der Waals surface area contributed by atoms with Gasteiger partial charge in [-0.05, 0) is 43.5 Å². The summed E-state index contributed by atoms with van der Waals surface area (Å²) in [6, 6.07) is 12.2. The molecule has 1 atom stereocenters. The van der Waals surface area contributed by atoms with E-state index in [1.54, 1.807) is 24.3 Å². The van der Waals surface area contributed by atoms with E-state index in [2.05, 4.69) is 15.3 Å². The van der Waals surface area contributed by atoms with Crippen molar-refractivity contribution < 1.29 is 18.7 Å². The van der Waals surface area contributed by atoms with Crippen LogP contribution in [0.25, 0.3) is 0 Å². The number of ether oxygens (including phenoxy) is 1. The van der Waals surface area contributed by atoms with Crippen LogP contribution >= 0.6 is 0 Å². The predicted octanol–water partition coefficient (Wildman–Crippen LogP) is 4.85. The smallest absolute Gasteiger partial charge is 0.275 e. The Morgan fingerprint density at radius 1 is 1.08 bits per heavy atom. The molecule has 0 saturated heterocycles. The highest BCUT2D eigenvalue weighted by atomic mass is 19.1. The van der Waals surface area contributed by atoms with Crippen molar-refractivity contribution in [2.75, 3.05) is 6.61 Å². The van der Waals surface area contributed by atoms with Gasteiger partial charge in [0.2, 0.25) is 5.91 Å². The SMILES string of the molecule is CCOc1ccccc1C(C(=O)NC1CCCCC1)N(Cc1ccc(F)cc1)C(=O)c1cnccn1. The number of hydrogen-bond acceptors (Lipinski definition) is 5. The van der Waals surface area contributed by atoms with Gasteiger partial charge in [-0.1, -0.05) is 49.6 Å². The maximum Gasteiger partial charge on any atom is 0.275 e. The van der Waals surface area contributed by atoms with Crippen LogP contribution in [-0.2, 0) is 11.3 Å². The van der Waals surface area contributed by atoms with E-state index in [4.69, 9.17) is 4.74 Å². The average molecular weight is 491 g/mol. The topological polar surface area (TPSA) is 84.4 Å². The van der Waals surface area contributed by atoms with Gasteiger partial charge < -0.3 is 15.0 Å². The Hall–Kier alpha value is -3.81. The zero-order chi connectivity index (χ0) is 25.3. The highest BCUT2D eigenvalue weighted by Gasteiger charge is 2.36. The number of nitrogens with zero attached hydrogens (tertiary/aromatic N) is 3. The van der Waals surface area contributed by atoms with E-state index < -0.39 is 11.9 Å². The van der Waals surface area contributed by atoms with Gasteiger partial charge in [0.15, 0.2) is 0 Å². The Morgan fingerprint density at radius 2 is 1.83 bits per heavy atom. The molecule has 0 aliphatic heterocycles. The van der Waals surface area contributed by atoms with Crippen LogP contribution in [0, 0.1) is 5.82 Å². The van der Waals surface area contributed by atoms with Crippen LogP contribution in [0.5, 0.6) is 5.75 Å². The van der Waals surface area contributed by atoms with Crippen LogP contribution < -0.4 is 10.1 Å². The van der Waals surface area contributed by atoms with Crippen molar-refractivity contribution in [3.63, 3.8) is 0 Å². The fourth-order valence-electron chi connectivity index (χ4n) is 4.59. The monoisotopic (exact) mass is 490 g/mol. The van der Waals surface area contributed by atoms with Crippen molar-refractivity contribution in [1.29, 1.82) is 0 Å². The third kappa shape index (κ3) is 6.24. The standard InChI is InChI=1S/C28H31FN4O3/c1-2-36-25-11-7-6-10-23(25)26(27(34)32-22-8-4-3-5-9-22)33(19-20-12-14-21(29)15-13-20)28(35)24-18-30-16-17-31-24/h6-7,10-18,22,26H,2-5,8-9,19H2,1H3,(H,32,34). The molecule has 0 spiro atoms. The van der Waals surface area contributed by atoms with Crippen molar-refractivity contribution in [3.05, 3.63) is 89.8 Å². The lowest BCUT2D eigenvalue weighted by Crippen LogP contribution is -2.47. The number of aromatic nitrogens is 2. The number of nitrogens with one attached hydrogen (secondary N) is 1. The lowest BCUT2D eigenvalue weighted by atomic mass is 9.94. The van der Waals surface area contributed by atoms with E-state index in [0.717, 1.165) is 32.1 Å². The first-order chi connectivity index (χ1) is 17.6. The number of carbonyl (C=O) groups is 2. The van der Waals surface area contributed by atoms with Crippen molar-refractivity contribution in [2.45, 2.75) is 57.7 Å². The van der Waals surface area contributed by atoms with E-state index in [-0.39, 0.29) is 30.0 Å². The quantitative estimate of drug-likeness (QED) is 0.464. The molecule has 1 fully saturated rings. The third-order valence-corrected chi connectivity index (χ3v) is 6.33. The van der Waals surface area contributed by atoms with E-state index in [9.17, 15) is 14.0 Å². The fraction of sp³-hybridized carbons (Fsp3) is 0.357. The third-order valence-electron chi connectivity index (χ3n) is 6.33. The summed E-state index contributed by atoms with van der Waals surface area (Å²) >= 11 is 0. The number of halogens is 1. The van der Waals surface area contributed by atoms with Crippen LogP contribution in [-0.4, -0.2) is 39.3 Å². The summed E-state index contributed by atoms with van der Waals surface area (Å²) in [4.78, 5) is 37.5. The molecule has 1 aliphatic rings. The first-order valence-electron chi connectivity index (χ1n) is 12.4. The van der Waals surface area contributed by atoms with Gasteiger partial charge in [-0.15, -0.1) is 0 Å². The molecule has 4 rings (SSSR count). The van der Waals surface area contributed by atoms with Crippen molar-refractivity contribution >= 4 is 11.8 Å². The summed E-state index contributed by atoms with van der Waals surface area (Å²) in [6.45, 7) is 2.35. The Labute approximate surface area is 210 Å². The second kappa shape index (κ2) is 12.2. The van der Waals surface area contributed by atoms with Crippen LogP contribution in [0.2, 0.25) is 0 Å². The maximum atomic E-state index is 13.9. The zero-order valence-electron chi connectivity index (χ0n) is 20.4. The predicted molar refractivity (Wildman–Crippen MR) is 134 cm³/mol. The minimum absolute atomic E-state index is 0.0484. The van der Waals surface area contributed by atoms with Crippen LogP contribution in [0.3, 0.4) is 0 Å². The Bertz CT molecular complexity index is 1150. The molecule has 2 aromatic carbocycles. The molecule has 7 nitrogen and oxygen atoms in total. The second-order valence-electron chi connectivity index (χ2n) is 8.87. The van der Waals surface area contributed by atoms with Gasteiger partial charge in [0.05, 0.1) is 12.8 Å². The highest BCUT2D eigenvalue weighted by molar-refractivity contribution is 5.96. The lowest BCUT2D eigenvalue weighted by molar-refractivity contribution is -0.127. The summed E-state index contributed by atoms with van der Waals surface area (Å²) in [5, 5.41) is 3.18. The number of rotatable bonds is 9. The zero-order valence-corrected chi connectivity index (χ0v) is 20.4. The minimum Gasteiger partial charge on any atom is -0.494 e. The first kappa shape index (κ1) is 25.3. The summed E-state index contributed by atoms with van der Waals surface area (Å²) in [5.41, 5.74) is 1.37. The molecule has 36 heavy (non-hydrogen) atoms. The van der Waals surface area contributed by atoms with Gasteiger partial charge in [0, 0.05) is 30.5 Å². The Kier molecular flexibility index (Phi) is 8.60. The average Bonchev–Trinajstić information content (AvgIpc) is 2.91. The normalized spacial score (nSPS) is 14.6. The molecule has 1 heterocycles. The van der Waals surface area contributed by atoms with E-state index in [1.165, 1.54) is 35.6 Å². The van der Waals surface area contributed by atoms with Crippen molar-refractivity contribution in [2.24, 2.45) is 0 Å². The Morgan fingerprint density at radius 3 is 2.53 bits per heavy atom. The van der Waals surface area contributed by atoms with Gasteiger partial charge in [0.1, 0.15) is 23.3 Å².